The molecule has 0 aromatic rings. The van der Waals surface area contributed by atoms with E-state index in [2.05, 4.69) is 25.7 Å². The highest BCUT2D eigenvalue weighted by atomic mass is 16.5. The first-order valence-corrected chi connectivity index (χ1v) is 5.86. The number of hydrogen-bond acceptors (Lipinski definition) is 2. The van der Waals surface area contributed by atoms with Gasteiger partial charge < -0.3 is 4.74 Å². The van der Waals surface area contributed by atoms with Crippen molar-refractivity contribution in [3.63, 3.8) is 0 Å². The predicted octanol–water partition coefficient (Wildman–Crippen LogP) is 3.30. The van der Waals surface area contributed by atoms with Gasteiger partial charge >= 0.3 is 5.97 Å². The van der Waals surface area contributed by atoms with E-state index in [0.717, 1.165) is 38.5 Å². The molecule has 0 aliphatic heterocycles. The summed E-state index contributed by atoms with van der Waals surface area (Å²) in [4.78, 5) is 10.8. The van der Waals surface area contributed by atoms with Gasteiger partial charge in [-0.3, -0.25) is 4.79 Å². The number of ether oxygens (including phenoxy) is 1. The second-order valence-electron chi connectivity index (χ2n) is 3.66. The minimum atomic E-state index is -0.235. The molecular formula is C13H22O2. The van der Waals surface area contributed by atoms with Gasteiger partial charge in [0.1, 0.15) is 0 Å². The molecule has 0 saturated carbocycles. The highest BCUT2D eigenvalue weighted by Gasteiger charge is 2.06. The molecule has 86 valence electrons. The van der Waals surface area contributed by atoms with Crippen LogP contribution in [0.25, 0.3) is 0 Å². The van der Waals surface area contributed by atoms with Crippen LogP contribution < -0.4 is 0 Å². The summed E-state index contributed by atoms with van der Waals surface area (Å²) in [6.07, 6.45) is 6.00. The average Bonchev–Trinajstić information content (AvgIpc) is 2.19. The molecule has 15 heavy (non-hydrogen) atoms. The van der Waals surface area contributed by atoms with E-state index in [1.54, 1.807) is 0 Å². The van der Waals surface area contributed by atoms with Gasteiger partial charge in [0, 0.05) is 13.3 Å². The first kappa shape index (κ1) is 14.0. The Morgan fingerprint density at radius 1 is 1.27 bits per heavy atom. The van der Waals surface area contributed by atoms with Gasteiger partial charge in [0.2, 0.25) is 0 Å². The van der Waals surface area contributed by atoms with E-state index >= 15 is 0 Å². The average molecular weight is 210 g/mol. The zero-order chi connectivity index (χ0) is 11.5. The van der Waals surface area contributed by atoms with Crippen molar-refractivity contribution in [3.05, 3.63) is 0 Å². The molecule has 1 atom stereocenters. The van der Waals surface area contributed by atoms with Crippen molar-refractivity contribution in [2.24, 2.45) is 0 Å². The van der Waals surface area contributed by atoms with Crippen molar-refractivity contribution < 1.29 is 9.53 Å². The third-order valence-corrected chi connectivity index (χ3v) is 2.05. The molecule has 0 aliphatic rings. The summed E-state index contributed by atoms with van der Waals surface area (Å²) in [6.45, 7) is 5.70. The van der Waals surface area contributed by atoms with Gasteiger partial charge in [-0.25, -0.2) is 0 Å². The van der Waals surface area contributed by atoms with Crippen LogP contribution in [0.5, 0.6) is 0 Å². The van der Waals surface area contributed by atoms with Gasteiger partial charge in [0.25, 0.3) is 0 Å². The van der Waals surface area contributed by atoms with Crippen LogP contribution in [0.4, 0.5) is 0 Å². The molecule has 0 aromatic carbocycles. The van der Waals surface area contributed by atoms with E-state index in [0.29, 0.717) is 0 Å². The van der Waals surface area contributed by atoms with Crippen LogP contribution in [-0.2, 0) is 9.53 Å². The van der Waals surface area contributed by atoms with E-state index in [9.17, 15) is 4.79 Å². The van der Waals surface area contributed by atoms with E-state index < -0.39 is 0 Å². The molecular weight excluding hydrogens is 188 g/mol. The third-order valence-electron chi connectivity index (χ3n) is 2.05. The van der Waals surface area contributed by atoms with Crippen LogP contribution in [0.2, 0.25) is 0 Å². The fraction of sp³-hybridized carbons (Fsp3) is 0.769. The Morgan fingerprint density at radius 2 is 1.93 bits per heavy atom. The molecule has 0 fully saturated rings. The Kier molecular flexibility index (Phi) is 8.96. The van der Waals surface area contributed by atoms with Gasteiger partial charge in [-0.2, -0.15) is 0 Å². The van der Waals surface area contributed by atoms with Crippen LogP contribution >= 0.6 is 0 Å². The standard InChI is InChI=1S/C13H22O2/c1-4-6-8-9-11-13(10-7-5-2)15-12(3)14/h13H,4-8,10H2,1-3H3. The highest BCUT2D eigenvalue weighted by Crippen LogP contribution is 2.04. The van der Waals surface area contributed by atoms with Gasteiger partial charge in [-0.05, 0) is 19.3 Å². The number of esters is 1. The fourth-order valence-corrected chi connectivity index (χ4v) is 1.20. The minimum absolute atomic E-state index is 0.195. The van der Waals surface area contributed by atoms with Crippen molar-refractivity contribution in [3.8, 4) is 11.8 Å². The lowest BCUT2D eigenvalue weighted by molar-refractivity contribution is -0.144. The summed E-state index contributed by atoms with van der Waals surface area (Å²) >= 11 is 0. The molecule has 0 radical (unpaired) electrons. The second kappa shape index (κ2) is 9.58. The van der Waals surface area contributed by atoms with Crippen molar-refractivity contribution in [1.82, 2.24) is 0 Å². The molecule has 0 N–H and O–H groups in total. The zero-order valence-electron chi connectivity index (χ0n) is 10.1. The molecule has 0 aliphatic carbocycles. The Morgan fingerprint density at radius 3 is 2.47 bits per heavy atom. The first-order valence-electron chi connectivity index (χ1n) is 5.86. The summed E-state index contributed by atoms with van der Waals surface area (Å²) in [7, 11) is 0. The highest BCUT2D eigenvalue weighted by molar-refractivity contribution is 5.66. The van der Waals surface area contributed by atoms with Crippen molar-refractivity contribution in [1.29, 1.82) is 0 Å². The molecule has 0 rings (SSSR count). The van der Waals surface area contributed by atoms with Crippen LogP contribution in [0, 0.1) is 11.8 Å². The van der Waals surface area contributed by atoms with Gasteiger partial charge in [0.15, 0.2) is 6.10 Å². The molecule has 2 nitrogen and oxygen atoms in total. The van der Waals surface area contributed by atoms with Crippen molar-refractivity contribution in [2.75, 3.05) is 0 Å². The SMILES string of the molecule is CCCCC#CC(CCCC)OC(C)=O. The minimum Gasteiger partial charge on any atom is -0.449 e. The number of unbranched alkanes of at least 4 members (excludes halogenated alkanes) is 3. The van der Waals surface area contributed by atoms with Gasteiger partial charge in [-0.1, -0.05) is 38.5 Å². The molecule has 0 saturated heterocycles. The van der Waals surface area contributed by atoms with Crippen LogP contribution in [-0.4, -0.2) is 12.1 Å². The van der Waals surface area contributed by atoms with E-state index in [-0.39, 0.29) is 12.1 Å². The maximum atomic E-state index is 10.8. The lowest BCUT2D eigenvalue weighted by Crippen LogP contribution is -2.14. The van der Waals surface area contributed by atoms with Gasteiger partial charge in [0.05, 0.1) is 0 Å². The normalized spacial score (nSPS) is 11.4. The lowest BCUT2D eigenvalue weighted by atomic mass is 10.1. The van der Waals surface area contributed by atoms with E-state index in [4.69, 9.17) is 4.74 Å². The number of carbonyl (C=O) groups is 1. The molecule has 0 aromatic heterocycles. The Bertz CT molecular complexity index is 222. The van der Waals surface area contributed by atoms with E-state index in [1.807, 2.05) is 0 Å². The third kappa shape index (κ3) is 9.34. The summed E-state index contributed by atoms with van der Waals surface area (Å²) < 4.78 is 5.12. The van der Waals surface area contributed by atoms with Crippen LogP contribution in [0.15, 0.2) is 0 Å². The second-order valence-corrected chi connectivity index (χ2v) is 3.66. The molecule has 1 unspecified atom stereocenters. The zero-order valence-corrected chi connectivity index (χ0v) is 10.1. The van der Waals surface area contributed by atoms with Crippen LogP contribution in [0.1, 0.15) is 59.3 Å². The molecule has 0 bridgehead atoms. The number of rotatable bonds is 6. The molecule has 0 heterocycles. The molecule has 2 heteroatoms. The molecule has 0 spiro atoms. The smallest absolute Gasteiger partial charge is 0.303 e. The summed E-state index contributed by atoms with van der Waals surface area (Å²) in [5.74, 6) is 5.87. The summed E-state index contributed by atoms with van der Waals surface area (Å²) in [6, 6.07) is 0. The maximum absolute atomic E-state index is 10.8. The Labute approximate surface area is 93.4 Å². The van der Waals surface area contributed by atoms with Crippen molar-refractivity contribution >= 4 is 5.97 Å². The van der Waals surface area contributed by atoms with E-state index in [1.165, 1.54) is 6.92 Å². The van der Waals surface area contributed by atoms with Crippen LogP contribution in [0.3, 0.4) is 0 Å². The lowest BCUT2D eigenvalue weighted by Gasteiger charge is -2.09. The summed E-state index contributed by atoms with van der Waals surface area (Å²) in [5, 5.41) is 0. The topological polar surface area (TPSA) is 26.3 Å². The van der Waals surface area contributed by atoms with Crippen molar-refractivity contribution in [2.45, 2.75) is 65.4 Å². The summed E-state index contributed by atoms with van der Waals surface area (Å²) in [5.41, 5.74) is 0. The Hall–Kier alpha value is -0.970. The Balaban J connectivity index is 3.96. The van der Waals surface area contributed by atoms with Gasteiger partial charge in [-0.15, -0.1) is 0 Å². The predicted molar refractivity (Wildman–Crippen MR) is 62.4 cm³/mol. The quantitative estimate of drug-likeness (QED) is 0.382. The number of hydrogen-bond donors (Lipinski definition) is 0. The maximum Gasteiger partial charge on any atom is 0.303 e. The number of carbonyl (C=O) groups excluding carboxylic acids is 1. The molecule has 0 amide bonds. The largest absolute Gasteiger partial charge is 0.449 e. The fourth-order valence-electron chi connectivity index (χ4n) is 1.20. The monoisotopic (exact) mass is 210 g/mol. The first-order chi connectivity index (χ1) is 7.20.